The van der Waals surface area contributed by atoms with Gasteiger partial charge in [0.2, 0.25) is 17.7 Å². The zero-order valence-corrected chi connectivity index (χ0v) is 13.5. The van der Waals surface area contributed by atoms with Gasteiger partial charge in [0.05, 0.1) is 5.92 Å². The van der Waals surface area contributed by atoms with Crippen molar-refractivity contribution >= 4 is 23.5 Å². The van der Waals surface area contributed by atoms with Crippen LogP contribution in [0.5, 0.6) is 0 Å². The van der Waals surface area contributed by atoms with Crippen LogP contribution in [-0.2, 0) is 20.8 Å². The van der Waals surface area contributed by atoms with Crippen molar-refractivity contribution in [2.75, 3.05) is 11.9 Å². The number of benzene rings is 1. The first-order chi connectivity index (χ1) is 11.9. The molecule has 1 atom stereocenters. The highest BCUT2D eigenvalue weighted by molar-refractivity contribution is 6.07. The number of aromatic nitrogens is 1. The average Bonchev–Trinajstić information content (AvgIpc) is 3.08. The number of hydrogen-bond donors (Lipinski definition) is 1. The lowest BCUT2D eigenvalue weighted by molar-refractivity contribution is -0.142. The number of carbonyl (C=O) groups excluding carboxylic acids is 3. The van der Waals surface area contributed by atoms with Gasteiger partial charge in [0.25, 0.3) is 0 Å². The second-order valence-electron chi connectivity index (χ2n) is 5.92. The fourth-order valence-electron chi connectivity index (χ4n) is 2.73. The number of likely N-dealkylation sites (tertiary alicyclic amines) is 1. The SMILES string of the molecule is Cc1cc(NC(=O)CN2C(=O)C[C@H](Cc3ccc(F)cc3)C2=O)no1. The molecule has 0 bridgehead atoms. The Labute approximate surface area is 142 Å². The third-order valence-electron chi connectivity index (χ3n) is 3.93. The largest absolute Gasteiger partial charge is 0.360 e. The fraction of sp³-hybridized carbons (Fsp3) is 0.294. The number of halogens is 1. The maximum Gasteiger partial charge on any atom is 0.245 e. The van der Waals surface area contributed by atoms with Crippen LogP contribution >= 0.6 is 0 Å². The maximum absolute atomic E-state index is 12.9. The molecule has 1 saturated heterocycles. The van der Waals surface area contributed by atoms with Gasteiger partial charge in [-0.3, -0.25) is 19.3 Å². The van der Waals surface area contributed by atoms with Crippen molar-refractivity contribution in [1.82, 2.24) is 10.1 Å². The molecule has 0 radical (unpaired) electrons. The van der Waals surface area contributed by atoms with Gasteiger partial charge in [-0.1, -0.05) is 17.3 Å². The summed E-state index contributed by atoms with van der Waals surface area (Å²) in [6.45, 7) is 1.31. The van der Waals surface area contributed by atoms with Gasteiger partial charge >= 0.3 is 0 Å². The normalized spacial score (nSPS) is 17.2. The van der Waals surface area contributed by atoms with E-state index in [1.807, 2.05) is 0 Å². The Morgan fingerprint density at radius 2 is 2.08 bits per heavy atom. The lowest BCUT2D eigenvalue weighted by Gasteiger charge is -2.14. The van der Waals surface area contributed by atoms with E-state index in [0.29, 0.717) is 12.2 Å². The Bertz CT molecular complexity index is 816. The molecule has 1 N–H and O–H groups in total. The van der Waals surface area contributed by atoms with Crippen LogP contribution in [0.1, 0.15) is 17.7 Å². The van der Waals surface area contributed by atoms with Crippen molar-refractivity contribution in [2.45, 2.75) is 19.8 Å². The number of hydrogen-bond acceptors (Lipinski definition) is 5. The van der Waals surface area contributed by atoms with Crippen LogP contribution in [0.3, 0.4) is 0 Å². The van der Waals surface area contributed by atoms with Gasteiger partial charge in [-0.05, 0) is 31.0 Å². The van der Waals surface area contributed by atoms with E-state index in [9.17, 15) is 18.8 Å². The summed E-state index contributed by atoms with van der Waals surface area (Å²) in [6, 6.07) is 7.30. The Balaban J connectivity index is 1.60. The molecule has 2 heterocycles. The van der Waals surface area contributed by atoms with E-state index in [0.717, 1.165) is 10.5 Å². The van der Waals surface area contributed by atoms with Gasteiger partial charge in [0, 0.05) is 12.5 Å². The minimum Gasteiger partial charge on any atom is -0.360 e. The molecule has 0 saturated carbocycles. The summed E-state index contributed by atoms with van der Waals surface area (Å²) in [7, 11) is 0. The Morgan fingerprint density at radius 3 is 2.72 bits per heavy atom. The van der Waals surface area contributed by atoms with Crippen LogP contribution in [0.25, 0.3) is 0 Å². The summed E-state index contributed by atoms with van der Waals surface area (Å²) in [6.07, 6.45) is 0.359. The number of aryl methyl sites for hydroxylation is 1. The standard InChI is InChI=1S/C17H16FN3O4/c1-10-6-14(20-25-10)19-15(22)9-21-16(23)8-12(17(21)24)7-11-2-4-13(18)5-3-11/h2-6,12H,7-9H2,1H3,(H,19,20,22)/t12-/m0/s1. The quantitative estimate of drug-likeness (QED) is 0.832. The minimum atomic E-state index is -0.542. The van der Waals surface area contributed by atoms with Crippen LogP contribution in [-0.4, -0.2) is 34.3 Å². The van der Waals surface area contributed by atoms with E-state index in [2.05, 4.69) is 10.5 Å². The van der Waals surface area contributed by atoms with Crippen LogP contribution in [0.4, 0.5) is 10.2 Å². The molecule has 7 nitrogen and oxygen atoms in total. The first kappa shape index (κ1) is 16.8. The number of carbonyl (C=O) groups is 3. The minimum absolute atomic E-state index is 0.0343. The molecule has 8 heteroatoms. The lowest BCUT2D eigenvalue weighted by Crippen LogP contribution is -2.38. The molecule has 0 spiro atoms. The van der Waals surface area contributed by atoms with Gasteiger partial charge in [-0.2, -0.15) is 0 Å². The van der Waals surface area contributed by atoms with Crippen LogP contribution in [0.2, 0.25) is 0 Å². The Hall–Kier alpha value is -3.03. The molecule has 1 fully saturated rings. The van der Waals surface area contributed by atoms with Crippen molar-refractivity contribution in [3.63, 3.8) is 0 Å². The third-order valence-corrected chi connectivity index (χ3v) is 3.93. The Kier molecular flexibility index (Phi) is 4.60. The number of nitrogens with one attached hydrogen (secondary N) is 1. The monoisotopic (exact) mass is 345 g/mol. The zero-order valence-electron chi connectivity index (χ0n) is 13.5. The molecule has 2 aromatic rings. The molecule has 3 amide bonds. The van der Waals surface area contributed by atoms with Gasteiger partial charge in [-0.25, -0.2) is 4.39 Å². The Morgan fingerprint density at radius 1 is 1.36 bits per heavy atom. The average molecular weight is 345 g/mol. The first-order valence-corrected chi connectivity index (χ1v) is 7.74. The number of rotatable bonds is 5. The summed E-state index contributed by atoms with van der Waals surface area (Å²) in [5, 5.41) is 6.09. The van der Waals surface area contributed by atoms with E-state index in [4.69, 9.17) is 4.52 Å². The smallest absolute Gasteiger partial charge is 0.245 e. The van der Waals surface area contributed by atoms with Crippen molar-refractivity contribution in [3.8, 4) is 0 Å². The van der Waals surface area contributed by atoms with Crippen molar-refractivity contribution < 1.29 is 23.3 Å². The molecule has 130 valence electrons. The van der Waals surface area contributed by atoms with Crippen molar-refractivity contribution in [2.24, 2.45) is 5.92 Å². The van der Waals surface area contributed by atoms with Crippen LogP contribution < -0.4 is 5.32 Å². The third kappa shape index (κ3) is 3.90. The summed E-state index contributed by atoms with van der Waals surface area (Å²) in [4.78, 5) is 37.4. The van der Waals surface area contributed by atoms with E-state index in [1.54, 1.807) is 19.1 Å². The molecule has 0 aliphatic carbocycles. The van der Waals surface area contributed by atoms with Gasteiger partial charge in [-0.15, -0.1) is 0 Å². The fourth-order valence-corrected chi connectivity index (χ4v) is 2.73. The highest BCUT2D eigenvalue weighted by Gasteiger charge is 2.39. The second-order valence-corrected chi connectivity index (χ2v) is 5.92. The van der Waals surface area contributed by atoms with Gasteiger partial charge in [0.15, 0.2) is 5.82 Å². The molecule has 1 aromatic carbocycles. The van der Waals surface area contributed by atoms with Crippen LogP contribution in [0, 0.1) is 18.7 Å². The van der Waals surface area contributed by atoms with E-state index in [-0.39, 0.29) is 24.6 Å². The molecule has 1 aliphatic heterocycles. The van der Waals surface area contributed by atoms with Crippen molar-refractivity contribution in [1.29, 1.82) is 0 Å². The molecule has 1 aromatic heterocycles. The van der Waals surface area contributed by atoms with E-state index < -0.39 is 23.6 Å². The van der Waals surface area contributed by atoms with Crippen molar-refractivity contribution in [3.05, 3.63) is 47.5 Å². The van der Waals surface area contributed by atoms with E-state index in [1.165, 1.54) is 18.2 Å². The topological polar surface area (TPSA) is 92.5 Å². The summed E-state index contributed by atoms with van der Waals surface area (Å²) in [5.41, 5.74) is 0.761. The van der Waals surface area contributed by atoms with Gasteiger partial charge in [0.1, 0.15) is 18.1 Å². The highest BCUT2D eigenvalue weighted by Crippen LogP contribution is 2.23. The highest BCUT2D eigenvalue weighted by atomic mass is 19.1. The first-order valence-electron chi connectivity index (χ1n) is 7.74. The predicted molar refractivity (Wildman–Crippen MR) is 84.8 cm³/mol. The number of amides is 3. The number of anilines is 1. The maximum atomic E-state index is 12.9. The molecule has 0 unspecified atom stereocenters. The zero-order chi connectivity index (χ0) is 18.0. The molecule has 1 aliphatic rings. The number of nitrogens with zero attached hydrogens (tertiary/aromatic N) is 2. The summed E-state index contributed by atoms with van der Waals surface area (Å²) < 4.78 is 17.8. The van der Waals surface area contributed by atoms with Crippen LogP contribution in [0.15, 0.2) is 34.9 Å². The molecule has 25 heavy (non-hydrogen) atoms. The lowest BCUT2D eigenvalue weighted by atomic mass is 9.98. The predicted octanol–water partition coefficient (Wildman–Crippen LogP) is 1.68. The van der Waals surface area contributed by atoms with E-state index >= 15 is 0 Å². The second kappa shape index (κ2) is 6.84. The summed E-state index contributed by atoms with van der Waals surface area (Å²) in [5.74, 6) is -1.48. The molecular weight excluding hydrogens is 329 g/mol. The summed E-state index contributed by atoms with van der Waals surface area (Å²) >= 11 is 0. The van der Waals surface area contributed by atoms with Gasteiger partial charge < -0.3 is 9.84 Å². The number of imide groups is 1. The molecule has 3 rings (SSSR count). The molecular formula is C17H16FN3O4.